The summed E-state index contributed by atoms with van der Waals surface area (Å²) >= 11 is 15.1. The molecule has 2 rings (SSSR count). The quantitative estimate of drug-likeness (QED) is 0.631. The summed E-state index contributed by atoms with van der Waals surface area (Å²) in [6, 6.07) is 8.36. The first-order chi connectivity index (χ1) is 9.77. The van der Waals surface area contributed by atoms with Crippen LogP contribution in [-0.4, -0.2) is 0 Å². The first-order valence-electron chi connectivity index (χ1n) is 5.82. The normalized spacial score (nSPS) is 11.5. The van der Waals surface area contributed by atoms with E-state index in [4.69, 9.17) is 23.2 Å². The fraction of sp³-hybridized carbons (Fsp3) is 0.143. The van der Waals surface area contributed by atoms with E-state index in [1.54, 1.807) is 18.2 Å². The van der Waals surface area contributed by atoms with E-state index in [0.717, 1.165) is 12.1 Å². The molecular weight excluding hydrogens is 390 g/mol. The van der Waals surface area contributed by atoms with E-state index in [-0.39, 0.29) is 6.54 Å². The SMILES string of the molecule is FC(F)(F)c1ccc(Br)c(NCc2cc(Cl)ccc2Cl)c1. The minimum atomic E-state index is -4.38. The van der Waals surface area contributed by atoms with Crippen LogP contribution in [0.2, 0.25) is 10.0 Å². The number of nitrogens with one attached hydrogen (secondary N) is 1. The molecule has 2 aromatic carbocycles. The lowest BCUT2D eigenvalue weighted by Crippen LogP contribution is -2.07. The molecule has 0 amide bonds. The van der Waals surface area contributed by atoms with E-state index >= 15 is 0 Å². The Balaban J connectivity index is 2.22. The lowest BCUT2D eigenvalue weighted by Gasteiger charge is -2.13. The Hall–Kier alpha value is -0.910. The van der Waals surface area contributed by atoms with Crippen LogP contribution in [0, 0.1) is 0 Å². The number of benzene rings is 2. The molecule has 112 valence electrons. The highest BCUT2D eigenvalue weighted by molar-refractivity contribution is 9.10. The zero-order valence-corrected chi connectivity index (χ0v) is 13.5. The minimum absolute atomic E-state index is 0.263. The molecule has 1 nitrogen and oxygen atoms in total. The second kappa shape index (κ2) is 6.46. The molecule has 7 heteroatoms. The van der Waals surface area contributed by atoms with Gasteiger partial charge in [0.2, 0.25) is 0 Å². The standard InChI is InChI=1S/C14H9BrCl2F3N/c15-11-3-1-9(14(18,19)20)6-13(11)21-7-8-5-10(16)2-4-12(8)17/h1-6,21H,7H2. The summed E-state index contributed by atoms with van der Waals surface area (Å²) in [5.74, 6) is 0. The molecule has 1 N–H and O–H groups in total. The maximum Gasteiger partial charge on any atom is 0.416 e. The Morgan fingerprint density at radius 2 is 1.76 bits per heavy atom. The van der Waals surface area contributed by atoms with Gasteiger partial charge in [-0.25, -0.2) is 0 Å². The predicted octanol–water partition coefficient (Wildman–Crippen LogP) is 6.39. The molecule has 21 heavy (non-hydrogen) atoms. The van der Waals surface area contributed by atoms with Gasteiger partial charge in [0.25, 0.3) is 0 Å². The summed E-state index contributed by atoms with van der Waals surface area (Å²) in [7, 11) is 0. The van der Waals surface area contributed by atoms with Crippen LogP contribution < -0.4 is 5.32 Å². The van der Waals surface area contributed by atoms with E-state index in [0.29, 0.717) is 25.8 Å². The zero-order valence-electron chi connectivity index (χ0n) is 10.4. The molecule has 0 fully saturated rings. The summed E-state index contributed by atoms with van der Waals surface area (Å²) in [6.07, 6.45) is -4.38. The van der Waals surface area contributed by atoms with Crippen LogP contribution >= 0.6 is 39.1 Å². The van der Waals surface area contributed by atoms with Gasteiger partial charge < -0.3 is 5.32 Å². The molecule has 0 aromatic heterocycles. The van der Waals surface area contributed by atoms with Crippen molar-refractivity contribution in [2.75, 3.05) is 5.32 Å². The van der Waals surface area contributed by atoms with E-state index in [9.17, 15) is 13.2 Å². The van der Waals surface area contributed by atoms with Gasteiger partial charge in [0.05, 0.1) is 5.56 Å². The molecule has 0 bridgehead atoms. The summed E-state index contributed by atoms with van der Waals surface area (Å²) < 4.78 is 38.6. The summed E-state index contributed by atoms with van der Waals surface area (Å²) in [5.41, 5.74) is 0.319. The van der Waals surface area contributed by atoms with Crippen LogP contribution in [0.5, 0.6) is 0 Å². The lowest BCUT2D eigenvalue weighted by atomic mass is 10.1. The average molecular weight is 399 g/mol. The number of hydrogen-bond acceptors (Lipinski definition) is 1. The van der Waals surface area contributed by atoms with Gasteiger partial charge in [0.15, 0.2) is 0 Å². The Labute approximate surface area is 138 Å². The van der Waals surface area contributed by atoms with Crippen molar-refractivity contribution in [3.63, 3.8) is 0 Å². The predicted molar refractivity (Wildman–Crippen MR) is 82.9 cm³/mol. The van der Waals surface area contributed by atoms with E-state index < -0.39 is 11.7 Å². The number of rotatable bonds is 3. The number of alkyl halides is 3. The van der Waals surface area contributed by atoms with Gasteiger partial charge in [0, 0.05) is 26.8 Å². The van der Waals surface area contributed by atoms with Crippen molar-refractivity contribution in [2.24, 2.45) is 0 Å². The second-order valence-corrected chi connectivity index (χ2v) is 5.98. The highest BCUT2D eigenvalue weighted by Gasteiger charge is 2.30. The third-order valence-electron chi connectivity index (χ3n) is 2.77. The van der Waals surface area contributed by atoms with Gasteiger partial charge in [-0.3, -0.25) is 0 Å². The van der Waals surface area contributed by atoms with Crippen molar-refractivity contribution in [3.8, 4) is 0 Å². The lowest BCUT2D eigenvalue weighted by molar-refractivity contribution is -0.137. The fourth-order valence-corrected chi connectivity index (χ4v) is 2.47. The molecule has 2 aromatic rings. The molecule has 0 aliphatic rings. The fourth-order valence-electron chi connectivity index (χ4n) is 1.71. The first kappa shape index (κ1) is 16.5. The zero-order chi connectivity index (χ0) is 15.6. The van der Waals surface area contributed by atoms with Crippen molar-refractivity contribution in [1.29, 1.82) is 0 Å². The molecule has 0 aliphatic carbocycles. The van der Waals surface area contributed by atoms with Crippen LogP contribution in [0.1, 0.15) is 11.1 Å². The smallest absolute Gasteiger partial charge is 0.380 e. The molecule has 0 unspecified atom stereocenters. The van der Waals surface area contributed by atoms with Gasteiger partial charge in [-0.15, -0.1) is 0 Å². The molecule has 0 saturated heterocycles. The van der Waals surface area contributed by atoms with E-state index in [1.165, 1.54) is 6.07 Å². The molecule has 0 radical (unpaired) electrons. The van der Waals surface area contributed by atoms with Crippen LogP contribution in [0.4, 0.5) is 18.9 Å². The van der Waals surface area contributed by atoms with Crippen LogP contribution in [0.15, 0.2) is 40.9 Å². The number of halogens is 6. The number of hydrogen-bond donors (Lipinski definition) is 1. The Morgan fingerprint density at radius 3 is 2.43 bits per heavy atom. The van der Waals surface area contributed by atoms with E-state index in [1.807, 2.05) is 0 Å². The van der Waals surface area contributed by atoms with Crippen molar-refractivity contribution in [1.82, 2.24) is 0 Å². The molecule has 0 heterocycles. The van der Waals surface area contributed by atoms with Crippen LogP contribution in [-0.2, 0) is 12.7 Å². The molecule has 0 spiro atoms. The topological polar surface area (TPSA) is 12.0 Å². The summed E-state index contributed by atoms with van der Waals surface area (Å²) in [6.45, 7) is 0.263. The third-order valence-corrected chi connectivity index (χ3v) is 4.07. The Kier molecular flexibility index (Phi) is 5.07. The maximum absolute atomic E-state index is 12.7. The van der Waals surface area contributed by atoms with Gasteiger partial charge >= 0.3 is 6.18 Å². The van der Waals surface area contributed by atoms with Gasteiger partial charge in [-0.1, -0.05) is 23.2 Å². The largest absolute Gasteiger partial charge is 0.416 e. The monoisotopic (exact) mass is 397 g/mol. The van der Waals surface area contributed by atoms with Crippen molar-refractivity contribution in [2.45, 2.75) is 12.7 Å². The van der Waals surface area contributed by atoms with Gasteiger partial charge in [0.1, 0.15) is 0 Å². The highest BCUT2D eigenvalue weighted by atomic mass is 79.9. The van der Waals surface area contributed by atoms with Gasteiger partial charge in [-0.05, 0) is 57.9 Å². The molecular formula is C14H9BrCl2F3N. The maximum atomic E-state index is 12.7. The van der Waals surface area contributed by atoms with Gasteiger partial charge in [-0.2, -0.15) is 13.2 Å². The van der Waals surface area contributed by atoms with Crippen molar-refractivity contribution >= 4 is 44.8 Å². The summed E-state index contributed by atoms with van der Waals surface area (Å²) in [4.78, 5) is 0. The third kappa shape index (κ3) is 4.28. The van der Waals surface area contributed by atoms with Crippen molar-refractivity contribution in [3.05, 3.63) is 62.0 Å². The highest BCUT2D eigenvalue weighted by Crippen LogP contribution is 2.34. The number of anilines is 1. The average Bonchev–Trinajstić information content (AvgIpc) is 2.40. The van der Waals surface area contributed by atoms with Crippen molar-refractivity contribution < 1.29 is 13.2 Å². The molecule has 0 atom stereocenters. The summed E-state index contributed by atoms with van der Waals surface area (Å²) in [5, 5.41) is 3.93. The van der Waals surface area contributed by atoms with E-state index in [2.05, 4.69) is 21.2 Å². The molecule has 0 aliphatic heterocycles. The minimum Gasteiger partial charge on any atom is -0.380 e. The Bertz CT molecular complexity index is 659. The first-order valence-corrected chi connectivity index (χ1v) is 7.37. The van der Waals surface area contributed by atoms with Crippen LogP contribution in [0.3, 0.4) is 0 Å². The second-order valence-electron chi connectivity index (χ2n) is 4.28. The van der Waals surface area contributed by atoms with Crippen LogP contribution in [0.25, 0.3) is 0 Å². The molecule has 0 saturated carbocycles. The Morgan fingerprint density at radius 1 is 1.05 bits per heavy atom.